The lowest BCUT2D eigenvalue weighted by Crippen LogP contribution is -2.43. The molecule has 0 saturated heterocycles. The first kappa shape index (κ1) is 18.2. The molecule has 0 aliphatic carbocycles. The summed E-state index contributed by atoms with van der Waals surface area (Å²) >= 11 is 0. The van der Waals surface area contributed by atoms with Gasteiger partial charge in [-0.15, -0.1) is 0 Å². The zero-order valence-electron chi connectivity index (χ0n) is 14.4. The molecule has 2 N–H and O–H groups in total. The van der Waals surface area contributed by atoms with Crippen molar-refractivity contribution in [2.75, 3.05) is 19.6 Å². The van der Waals surface area contributed by atoms with Crippen LogP contribution in [-0.2, 0) is 6.42 Å². The van der Waals surface area contributed by atoms with Gasteiger partial charge >= 0.3 is 0 Å². The summed E-state index contributed by atoms with van der Waals surface area (Å²) in [6, 6.07) is 11.2. The van der Waals surface area contributed by atoms with E-state index < -0.39 is 0 Å². The molecule has 120 valence electrons. The third-order valence-corrected chi connectivity index (χ3v) is 4.09. The molecule has 0 aliphatic heterocycles. The predicted octanol–water partition coefficient (Wildman–Crippen LogP) is 3.95. The van der Waals surface area contributed by atoms with E-state index in [0.29, 0.717) is 6.04 Å². The average molecular weight is 290 g/mol. The Morgan fingerprint density at radius 3 is 1.86 bits per heavy atom. The van der Waals surface area contributed by atoms with Crippen LogP contribution in [0.5, 0.6) is 0 Å². The summed E-state index contributed by atoms with van der Waals surface area (Å²) in [7, 11) is 0. The minimum Gasteiger partial charge on any atom is -0.329 e. The molecular formula is C19H34N2. The predicted molar refractivity (Wildman–Crippen MR) is 93.5 cm³/mol. The van der Waals surface area contributed by atoms with Gasteiger partial charge in [-0.3, -0.25) is 4.90 Å². The molecule has 1 unspecified atom stereocenters. The summed E-state index contributed by atoms with van der Waals surface area (Å²) in [6.45, 7) is 12.3. The fraction of sp³-hybridized carbons (Fsp3) is 0.684. The first-order valence-corrected chi connectivity index (χ1v) is 8.51. The third kappa shape index (κ3) is 7.63. The van der Waals surface area contributed by atoms with Crippen LogP contribution >= 0.6 is 0 Å². The second-order valence-electron chi connectivity index (χ2n) is 6.98. The van der Waals surface area contributed by atoms with Crippen molar-refractivity contribution in [1.29, 1.82) is 0 Å². The first-order chi connectivity index (χ1) is 10.0. The molecule has 1 atom stereocenters. The maximum Gasteiger partial charge on any atom is 0.0258 e. The summed E-state index contributed by atoms with van der Waals surface area (Å²) in [6.07, 6.45) is 3.57. The maximum absolute atomic E-state index is 6.09. The van der Waals surface area contributed by atoms with Gasteiger partial charge in [-0.05, 0) is 49.8 Å². The molecular weight excluding hydrogens is 256 g/mol. The van der Waals surface area contributed by atoms with E-state index in [-0.39, 0.29) is 0 Å². The van der Waals surface area contributed by atoms with Gasteiger partial charge in [0.2, 0.25) is 0 Å². The lowest BCUT2D eigenvalue weighted by Gasteiger charge is -2.32. The van der Waals surface area contributed by atoms with Crippen LogP contribution in [0, 0.1) is 11.8 Å². The summed E-state index contributed by atoms with van der Waals surface area (Å²) in [5.41, 5.74) is 7.49. The van der Waals surface area contributed by atoms with Crippen LogP contribution in [0.3, 0.4) is 0 Å². The maximum atomic E-state index is 6.09. The van der Waals surface area contributed by atoms with Gasteiger partial charge < -0.3 is 5.73 Å². The van der Waals surface area contributed by atoms with E-state index in [1.807, 2.05) is 0 Å². The highest BCUT2D eigenvalue weighted by Crippen LogP contribution is 2.13. The van der Waals surface area contributed by atoms with Gasteiger partial charge in [-0.25, -0.2) is 0 Å². The summed E-state index contributed by atoms with van der Waals surface area (Å²) < 4.78 is 0. The van der Waals surface area contributed by atoms with E-state index in [2.05, 4.69) is 62.9 Å². The Bertz CT molecular complexity index is 347. The number of nitrogens with two attached hydrogens (primary N) is 1. The van der Waals surface area contributed by atoms with Crippen molar-refractivity contribution in [3.8, 4) is 0 Å². The Labute approximate surface area is 131 Å². The minimum absolute atomic E-state index is 0.463. The number of nitrogens with zero attached hydrogens (tertiary/aromatic N) is 1. The van der Waals surface area contributed by atoms with Gasteiger partial charge in [-0.2, -0.15) is 0 Å². The molecule has 0 bridgehead atoms. The van der Waals surface area contributed by atoms with Crippen LogP contribution in [-0.4, -0.2) is 30.6 Å². The molecule has 2 heteroatoms. The molecule has 0 saturated carbocycles. The van der Waals surface area contributed by atoms with E-state index in [9.17, 15) is 0 Å². The molecule has 0 aromatic heterocycles. The number of benzene rings is 1. The molecule has 2 nitrogen and oxygen atoms in total. The van der Waals surface area contributed by atoms with Gasteiger partial charge in [0.25, 0.3) is 0 Å². The van der Waals surface area contributed by atoms with Crippen molar-refractivity contribution in [2.45, 2.75) is 53.0 Å². The van der Waals surface area contributed by atoms with E-state index >= 15 is 0 Å². The van der Waals surface area contributed by atoms with Gasteiger partial charge in [-0.1, -0.05) is 58.0 Å². The van der Waals surface area contributed by atoms with Crippen molar-refractivity contribution in [1.82, 2.24) is 4.90 Å². The van der Waals surface area contributed by atoms with E-state index in [0.717, 1.165) is 24.8 Å². The fourth-order valence-electron chi connectivity index (χ4n) is 2.57. The molecule has 1 aromatic carbocycles. The smallest absolute Gasteiger partial charge is 0.0258 e. The lowest BCUT2D eigenvalue weighted by molar-refractivity contribution is 0.179. The molecule has 0 amide bonds. The number of hydrogen-bond donors (Lipinski definition) is 1. The summed E-state index contributed by atoms with van der Waals surface area (Å²) in [5.74, 6) is 1.50. The van der Waals surface area contributed by atoms with Crippen molar-refractivity contribution in [2.24, 2.45) is 17.6 Å². The quantitative estimate of drug-likeness (QED) is 0.707. The van der Waals surface area contributed by atoms with Crippen LogP contribution < -0.4 is 5.73 Å². The Kier molecular flexibility index (Phi) is 8.63. The highest BCUT2D eigenvalue weighted by atomic mass is 15.2. The van der Waals surface area contributed by atoms with Crippen LogP contribution in [0.2, 0.25) is 0 Å². The monoisotopic (exact) mass is 290 g/mol. The second-order valence-corrected chi connectivity index (χ2v) is 6.98. The van der Waals surface area contributed by atoms with Gasteiger partial charge in [0, 0.05) is 12.6 Å². The molecule has 1 aromatic rings. The van der Waals surface area contributed by atoms with Crippen LogP contribution in [0.4, 0.5) is 0 Å². The largest absolute Gasteiger partial charge is 0.329 e. The summed E-state index contributed by atoms with van der Waals surface area (Å²) in [4.78, 5) is 2.62. The van der Waals surface area contributed by atoms with E-state index in [1.165, 1.54) is 31.5 Å². The zero-order chi connectivity index (χ0) is 15.7. The van der Waals surface area contributed by atoms with Gasteiger partial charge in [0.15, 0.2) is 0 Å². The molecule has 0 heterocycles. The third-order valence-electron chi connectivity index (χ3n) is 4.09. The molecule has 0 spiro atoms. The van der Waals surface area contributed by atoms with Crippen LogP contribution in [0.15, 0.2) is 30.3 Å². The van der Waals surface area contributed by atoms with Crippen molar-refractivity contribution in [3.05, 3.63) is 35.9 Å². The molecule has 21 heavy (non-hydrogen) atoms. The Morgan fingerprint density at radius 2 is 1.43 bits per heavy atom. The van der Waals surface area contributed by atoms with Crippen LogP contribution in [0.1, 0.15) is 46.1 Å². The second kappa shape index (κ2) is 9.97. The SMILES string of the molecule is CC(C)CCN(CCC(C)C)C(CN)Cc1ccccc1. The number of rotatable bonds is 10. The average Bonchev–Trinajstić information content (AvgIpc) is 2.46. The molecule has 1 rings (SSSR count). The van der Waals surface area contributed by atoms with Crippen LogP contribution in [0.25, 0.3) is 0 Å². The number of hydrogen-bond acceptors (Lipinski definition) is 2. The minimum atomic E-state index is 0.463. The molecule has 0 aliphatic rings. The Balaban J connectivity index is 2.66. The Morgan fingerprint density at radius 1 is 0.905 bits per heavy atom. The zero-order valence-corrected chi connectivity index (χ0v) is 14.4. The Hall–Kier alpha value is -0.860. The summed E-state index contributed by atoms with van der Waals surface area (Å²) in [5, 5.41) is 0. The highest BCUT2D eigenvalue weighted by molar-refractivity contribution is 5.16. The first-order valence-electron chi connectivity index (χ1n) is 8.51. The molecule has 0 fully saturated rings. The normalized spacial score (nSPS) is 13.3. The van der Waals surface area contributed by atoms with Crippen molar-refractivity contribution >= 4 is 0 Å². The van der Waals surface area contributed by atoms with E-state index in [4.69, 9.17) is 5.73 Å². The topological polar surface area (TPSA) is 29.3 Å². The fourth-order valence-corrected chi connectivity index (χ4v) is 2.57. The van der Waals surface area contributed by atoms with Gasteiger partial charge in [0.05, 0.1) is 0 Å². The van der Waals surface area contributed by atoms with Crippen molar-refractivity contribution < 1.29 is 0 Å². The van der Waals surface area contributed by atoms with E-state index in [1.54, 1.807) is 0 Å². The van der Waals surface area contributed by atoms with Gasteiger partial charge in [0.1, 0.15) is 0 Å². The van der Waals surface area contributed by atoms with Crippen molar-refractivity contribution in [3.63, 3.8) is 0 Å². The highest BCUT2D eigenvalue weighted by Gasteiger charge is 2.18. The standard InChI is InChI=1S/C19H34N2/c1-16(2)10-12-21(13-11-17(3)4)19(15-20)14-18-8-6-5-7-9-18/h5-9,16-17,19H,10-15,20H2,1-4H3. The molecule has 0 radical (unpaired) electrons. The lowest BCUT2D eigenvalue weighted by atomic mass is 10.0.